The highest BCUT2D eigenvalue weighted by Gasteiger charge is 2.11. The van der Waals surface area contributed by atoms with Gasteiger partial charge in [-0.2, -0.15) is 0 Å². The number of benzene rings is 2. The fourth-order valence-electron chi connectivity index (χ4n) is 3.15. The number of pyridine rings is 1. The van der Waals surface area contributed by atoms with E-state index >= 15 is 0 Å². The van der Waals surface area contributed by atoms with Crippen LogP contribution in [0.15, 0.2) is 72.4 Å². The summed E-state index contributed by atoms with van der Waals surface area (Å²) in [7, 11) is 0. The summed E-state index contributed by atoms with van der Waals surface area (Å²) in [6.07, 6.45) is 0.993. The zero-order chi connectivity index (χ0) is 20.5. The molecule has 0 bridgehead atoms. The van der Waals surface area contributed by atoms with Gasteiger partial charge in [-0.15, -0.1) is 11.3 Å². The van der Waals surface area contributed by atoms with E-state index in [9.17, 15) is 8.78 Å². The highest BCUT2D eigenvalue weighted by Crippen LogP contribution is 2.29. The first-order valence-corrected chi connectivity index (χ1v) is 10.0. The highest BCUT2D eigenvalue weighted by atomic mass is 32.1. The molecule has 5 aromatic rings. The maximum atomic E-state index is 13.0. The Hall–Kier alpha value is -3.65. The molecule has 30 heavy (non-hydrogen) atoms. The molecule has 0 fully saturated rings. The second-order valence-electron chi connectivity index (χ2n) is 6.65. The van der Waals surface area contributed by atoms with Crippen molar-refractivity contribution in [3.63, 3.8) is 0 Å². The summed E-state index contributed by atoms with van der Waals surface area (Å²) >= 11 is 1.50. The lowest BCUT2D eigenvalue weighted by Gasteiger charge is -2.02. The highest BCUT2D eigenvalue weighted by molar-refractivity contribution is 7.14. The van der Waals surface area contributed by atoms with Crippen molar-refractivity contribution in [1.29, 1.82) is 0 Å². The second-order valence-corrected chi connectivity index (χ2v) is 7.51. The van der Waals surface area contributed by atoms with E-state index in [0.29, 0.717) is 11.4 Å². The van der Waals surface area contributed by atoms with Crippen molar-refractivity contribution in [3.05, 3.63) is 77.9 Å². The molecular weight excluding hydrogens is 404 g/mol. The van der Waals surface area contributed by atoms with Gasteiger partial charge in [0.1, 0.15) is 5.82 Å². The molecule has 0 aliphatic rings. The number of fused-ring (bicyclic) bond motifs is 1. The molecule has 0 radical (unpaired) electrons. The predicted octanol–water partition coefficient (Wildman–Crippen LogP) is 6.43. The van der Waals surface area contributed by atoms with Crippen molar-refractivity contribution in [1.82, 2.24) is 19.9 Å². The van der Waals surface area contributed by atoms with Crippen LogP contribution < -0.4 is 5.32 Å². The molecular formula is C22H15F2N5S. The zero-order valence-corrected chi connectivity index (χ0v) is 16.3. The average molecular weight is 419 g/mol. The van der Waals surface area contributed by atoms with E-state index in [2.05, 4.69) is 25.3 Å². The summed E-state index contributed by atoms with van der Waals surface area (Å²) in [5, 5.41) is 6.04. The molecule has 0 spiro atoms. The molecule has 2 N–H and O–H groups in total. The van der Waals surface area contributed by atoms with Crippen molar-refractivity contribution < 1.29 is 8.78 Å². The third-order valence-corrected chi connectivity index (χ3v) is 5.36. The number of aromatic nitrogens is 4. The molecule has 3 heterocycles. The summed E-state index contributed by atoms with van der Waals surface area (Å²) < 4.78 is 26.0. The molecule has 8 heteroatoms. The number of nitrogens with one attached hydrogen (secondary N) is 2. The number of alkyl halides is 2. The van der Waals surface area contributed by atoms with Gasteiger partial charge in [0.25, 0.3) is 6.43 Å². The Morgan fingerprint density at radius 1 is 0.967 bits per heavy atom. The molecule has 0 unspecified atom stereocenters. The van der Waals surface area contributed by atoms with Crippen LogP contribution in [-0.4, -0.2) is 19.9 Å². The van der Waals surface area contributed by atoms with E-state index in [1.54, 1.807) is 24.5 Å². The minimum absolute atomic E-state index is 0.0245. The predicted molar refractivity (Wildman–Crippen MR) is 115 cm³/mol. The van der Waals surface area contributed by atoms with Gasteiger partial charge in [0.05, 0.1) is 16.7 Å². The lowest BCUT2D eigenvalue weighted by Crippen LogP contribution is -1.89. The normalized spacial score (nSPS) is 11.3. The van der Waals surface area contributed by atoms with Crippen LogP contribution in [0.4, 0.5) is 19.6 Å². The van der Waals surface area contributed by atoms with Crippen molar-refractivity contribution >= 4 is 33.2 Å². The Balaban J connectivity index is 1.41. The van der Waals surface area contributed by atoms with Crippen LogP contribution in [-0.2, 0) is 0 Å². The number of rotatable bonds is 5. The largest absolute Gasteiger partial charge is 0.338 e. The Morgan fingerprint density at radius 2 is 1.87 bits per heavy atom. The van der Waals surface area contributed by atoms with Crippen molar-refractivity contribution in [2.75, 3.05) is 5.32 Å². The van der Waals surface area contributed by atoms with E-state index in [0.717, 1.165) is 33.1 Å². The lowest BCUT2D eigenvalue weighted by molar-refractivity contribution is 0.151. The Labute approximate surface area is 174 Å². The van der Waals surface area contributed by atoms with Crippen LogP contribution in [0.3, 0.4) is 0 Å². The number of hydrogen-bond donors (Lipinski definition) is 2. The van der Waals surface area contributed by atoms with Crippen LogP contribution in [0, 0.1) is 0 Å². The van der Waals surface area contributed by atoms with Crippen molar-refractivity contribution in [2.45, 2.75) is 6.43 Å². The second kappa shape index (κ2) is 7.64. The Bertz CT molecular complexity index is 1310. The fraction of sp³-hybridized carbons (Fsp3) is 0.0455. The van der Waals surface area contributed by atoms with Gasteiger partial charge in [0, 0.05) is 40.2 Å². The van der Waals surface area contributed by atoms with Crippen LogP contribution in [0.2, 0.25) is 0 Å². The summed E-state index contributed by atoms with van der Waals surface area (Å²) in [6, 6.07) is 15.8. The van der Waals surface area contributed by atoms with Crippen LogP contribution in [0.1, 0.15) is 12.0 Å². The standard InChI is InChI=1S/C22H15F2N5S/c23-20(24)13-3-1-4-14(9-13)21-27-17-7-6-16(10-18(17)28-21)26-22-29-19(12-30-22)15-5-2-8-25-11-15/h1-12,20H,(H,26,29)(H,27,28). The van der Waals surface area contributed by atoms with Gasteiger partial charge < -0.3 is 10.3 Å². The minimum Gasteiger partial charge on any atom is -0.338 e. The van der Waals surface area contributed by atoms with E-state index < -0.39 is 6.43 Å². The van der Waals surface area contributed by atoms with Crippen molar-refractivity contribution in [2.24, 2.45) is 0 Å². The lowest BCUT2D eigenvalue weighted by atomic mass is 10.1. The molecule has 0 amide bonds. The molecule has 2 aromatic carbocycles. The van der Waals surface area contributed by atoms with Gasteiger partial charge in [-0.3, -0.25) is 4.98 Å². The number of hydrogen-bond acceptors (Lipinski definition) is 5. The maximum Gasteiger partial charge on any atom is 0.263 e. The quantitative estimate of drug-likeness (QED) is 0.344. The summed E-state index contributed by atoms with van der Waals surface area (Å²) in [5.74, 6) is 0.553. The summed E-state index contributed by atoms with van der Waals surface area (Å²) in [4.78, 5) is 16.5. The molecule has 0 saturated heterocycles. The molecule has 5 nitrogen and oxygen atoms in total. The van der Waals surface area contributed by atoms with E-state index in [1.165, 1.54) is 23.5 Å². The van der Waals surface area contributed by atoms with E-state index in [-0.39, 0.29) is 5.56 Å². The number of thiazole rings is 1. The van der Waals surface area contributed by atoms with Gasteiger partial charge in [-0.25, -0.2) is 18.7 Å². The number of imidazole rings is 1. The average Bonchev–Trinajstić information content (AvgIpc) is 3.41. The maximum absolute atomic E-state index is 13.0. The van der Waals surface area contributed by atoms with E-state index in [4.69, 9.17) is 0 Å². The number of anilines is 2. The number of halogens is 2. The first kappa shape index (κ1) is 18.4. The number of H-pyrrole nitrogens is 1. The van der Waals surface area contributed by atoms with Crippen molar-refractivity contribution in [3.8, 4) is 22.6 Å². The van der Waals surface area contributed by atoms with Gasteiger partial charge in [0.2, 0.25) is 0 Å². The van der Waals surface area contributed by atoms with Crippen LogP contribution >= 0.6 is 11.3 Å². The topological polar surface area (TPSA) is 66.5 Å². The molecule has 0 saturated carbocycles. The van der Waals surface area contributed by atoms with Crippen LogP contribution in [0.25, 0.3) is 33.7 Å². The summed E-state index contributed by atoms with van der Waals surface area (Å²) in [5.41, 5.74) is 4.84. The van der Waals surface area contributed by atoms with Gasteiger partial charge in [0.15, 0.2) is 5.13 Å². The van der Waals surface area contributed by atoms with Gasteiger partial charge in [-0.1, -0.05) is 18.2 Å². The van der Waals surface area contributed by atoms with Gasteiger partial charge >= 0.3 is 0 Å². The smallest absolute Gasteiger partial charge is 0.263 e. The third kappa shape index (κ3) is 3.65. The number of nitrogens with zero attached hydrogens (tertiary/aromatic N) is 3. The van der Waals surface area contributed by atoms with E-state index in [1.807, 2.05) is 35.7 Å². The molecule has 5 rings (SSSR count). The molecule has 0 aliphatic carbocycles. The first-order chi connectivity index (χ1) is 14.7. The fourth-order valence-corrected chi connectivity index (χ4v) is 3.89. The molecule has 148 valence electrons. The first-order valence-electron chi connectivity index (χ1n) is 9.17. The summed E-state index contributed by atoms with van der Waals surface area (Å²) in [6.45, 7) is 0. The molecule has 0 aliphatic heterocycles. The monoisotopic (exact) mass is 419 g/mol. The third-order valence-electron chi connectivity index (χ3n) is 4.61. The van der Waals surface area contributed by atoms with Gasteiger partial charge in [-0.05, 0) is 36.4 Å². The minimum atomic E-state index is -2.51. The van der Waals surface area contributed by atoms with Crippen LogP contribution in [0.5, 0.6) is 0 Å². The SMILES string of the molecule is FC(F)c1cccc(-c2nc3ccc(Nc4nc(-c5cccnc5)cs4)cc3[nH]2)c1. The Kier molecular flexibility index (Phi) is 4.68. The number of aromatic amines is 1. The molecule has 3 aromatic heterocycles. The zero-order valence-electron chi connectivity index (χ0n) is 15.5. The molecule has 0 atom stereocenters. The Morgan fingerprint density at radius 3 is 2.70 bits per heavy atom.